The van der Waals surface area contributed by atoms with Gasteiger partial charge < -0.3 is 19.9 Å². The minimum absolute atomic E-state index is 0.270. The Hall–Kier alpha value is -1.30. The maximum absolute atomic E-state index is 10.3. The first-order valence-corrected chi connectivity index (χ1v) is 7.84. The molecule has 0 bridgehead atoms. The Bertz CT molecular complexity index is 518. The van der Waals surface area contributed by atoms with Gasteiger partial charge in [-0.3, -0.25) is 4.90 Å². The molecule has 3 aliphatic rings. The summed E-state index contributed by atoms with van der Waals surface area (Å²) in [5, 5.41) is 13.8. The molecule has 2 unspecified atom stereocenters. The monoisotopic (exact) mass is 290 g/mol. The Morgan fingerprint density at radius 2 is 2.10 bits per heavy atom. The molecular weight excluding hydrogens is 268 g/mol. The van der Waals surface area contributed by atoms with Gasteiger partial charge in [0.1, 0.15) is 0 Å². The van der Waals surface area contributed by atoms with Crippen molar-refractivity contribution in [2.45, 2.75) is 37.5 Å². The highest BCUT2D eigenvalue weighted by molar-refractivity contribution is 5.45. The van der Waals surface area contributed by atoms with Crippen molar-refractivity contribution in [2.24, 2.45) is 0 Å². The van der Waals surface area contributed by atoms with Crippen LogP contribution in [-0.4, -0.2) is 48.5 Å². The maximum Gasteiger partial charge on any atom is 0.231 e. The lowest BCUT2D eigenvalue weighted by molar-refractivity contribution is 0.167. The van der Waals surface area contributed by atoms with Gasteiger partial charge in [-0.25, -0.2) is 0 Å². The highest BCUT2D eigenvalue weighted by Crippen LogP contribution is 2.34. The van der Waals surface area contributed by atoms with Crippen LogP contribution in [0.2, 0.25) is 0 Å². The van der Waals surface area contributed by atoms with Crippen molar-refractivity contribution in [2.75, 3.05) is 26.4 Å². The Labute approximate surface area is 124 Å². The predicted molar refractivity (Wildman–Crippen MR) is 78.5 cm³/mol. The highest BCUT2D eigenvalue weighted by atomic mass is 16.7. The molecule has 0 radical (unpaired) electrons. The summed E-state index contributed by atoms with van der Waals surface area (Å²) in [7, 11) is 0. The lowest BCUT2D eigenvalue weighted by Crippen LogP contribution is -2.35. The van der Waals surface area contributed by atoms with Gasteiger partial charge in [0.2, 0.25) is 6.79 Å². The zero-order valence-corrected chi connectivity index (χ0v) is 12.1. The van der Waals surface area contributed by atoms with E-state index >= 15 is 0 Å². The molecule has 2 N–H and O–H groups in total. The number of ether oxygens (including phenoxy) is 2. The molecule has 114 valence electrons. The third-order valence-electron chi connectivity index (χ3n) is 4.66. The fourth-order valence-electron chi connectivity index (χ4n) is 3.24. The van der Waals surface area contributed by atoms with Gasteiger partial charge in [0.15, 0.2) is 11.5 Å². The van der Waals surface area contributed by atoms with Crippen LogP contribution in [0.3, 0.4) is 0 Å². The summed E-state index contributed by atoms with van der Waals surface area (Å²) in [4.78, 5) is 2.57. The van der Waals surface area contributed by atoms with Crippen LogP contribution in [0.5, 0.6) is 11.5 Å². The van der Waals surface area contributed by atoms with Gasteiger partial charge in [0.25, 0.3) is 0 Å². The number of rotatable bonds is 5. The number of hydrogen-bond acceptors (Lipinski definition) is 5. The average molecular weight is 290 g/mol. The fraction of sp³-hybridized carbons (Fsp3) is 0.625. The van der Waals surface area contributed by atoms with Gasteiger partial charge in [0, 0.05) is 31.7 Å². The van der Waals surface area contributed by atoms with E-state index in [0.717, 1.165) is 29.6 Å². The molecule has 0 spiro atoms. The van der Waals surface area contributed by atoms with Crippen LogP contribution in [0.25, 0.3) is 0 Å². The van der Waals surface area contributed by atoms with E-state index < -0.39 is 6.10 Å². The zero-order chi connectivity index (χ0) is 14.2. The zero-order valence-electron chi connectivity index (χ0n) is 12.1. The number of aliphatic hydroxyl groups excluding tert-OH is 1. The molecule has 2 fully saturated rings. The molecule has 5 nitrogen and oxygen atoms in total. The van der Waals surface area contributed by atoms with Crippen molar-refractivity contribution < 1.29 is 14.6 Å². The lowest BCUT2D eigenvalue weighted by atomic mass is 10.1. The van der Waals surface area contributed by atoms with Crippen LogP contribution >= 0.6 is 0 Å². The van der Waals surface area contributed by atoms with E-state index in [0.29, 0.717) is 12.6 Å². The Kier molecular flexibility index (Phi) is 3.49. The SMILES string of the molecule is OC(CNC1CCN(C2CC2)C1)c1ccc2c(c1)OCO2. The molecule has 2 atom stereocenters. The molecule has 2 aliphatic heterocycles. The minimum atomic E-state index is -0.505. The largest absolute Gasteiger partial charge is 0.454 e. The Balaban J connectivity index is 1.30. The van der Waals surface area contributed by atoms with E-state index in [2.05, 4.69) is 10.2 Å². The van der Waals surface area contributed by atoms with E-state index in [-0.39, 0.29) is 6.79 Å². The number of aliphatic hydroxyl groups is 1. The maximum atomic E-state index is 10.3. The van der Waals surface area contributed by atoms with Gasteiger partial charge in [-0.2, -0.15) is 0 Å². The Morgan fingerprint density at radius 3 is 2.95 bits per heavy atom. The summed E-state index contributed by atoms with van der Waals surface area (Å²) in [5.74, 6) is 1.49. The number of nitrogens with one attached hydrogen (secondary N) is 1. The fourth-order valence-corrected chi connectivity index (χ4v) is 3.24. The number of nitrogens with zero attached hydrogens (tertiary/aromatic N) is 1. The third-order valence-corrected chi connectivity index (χ3v) is 4.66. The van der Waals surface area contributed by atoms with Crippen molar-refractivity contribution in [3.05, 3.63) is 23.8 Å². The van der Waals surface area contributed by atoms with Crippen LogP contribution in [0.1, 0.15) is 30.9 Å². The molecular formula is C16H22N2O3. The second-order valence-corrected chi connectivity index (χ2v) is 6.25. The third kappa shape index (κ3) is 2.86. The number of benzene rings is 1. The molecule has 0 amide bonds. The van der Waals surface area contributed by atoms with Crippen molar-refractivity contribution in [1.29, 1.82) is 0 Å². The van der Waals surface area contributed by atoms with Gasteiger partial charge in [0.05, 0.1) is 6.10 Å². The summed E-state index contributed by atoms with van der Waals surface area (Å²) in [6.45, 7) is 3.18. The summed E-state index contributed by atoms with van der Waals surface area (Å²) >= 11 is 0. The van der Waals surface area contributed by atoms with Crippen molar-refractivity contribution >= 4 is 0 Å². The first kappa shape index (κ1) is 13.4. The van der Waals surface area contributed by atoms with Gasteiger partial charge in [-0.1, -0.05) is 6.07 Å². The summed E-state index contributed by atoms with van der Waals surface area (Å²) in [6, 6.07) is 7.00. The van der Waals surface area contributed by atoms with Gasteiger partial charge >= 0.3 is 0 Å². The minimum Gasteiger partial charge on any atom is -0.454 e. The quantitative estimate of drug-likeness (QED) is 0.855. The van der Waals surface area contributed by atoms with E-state index in [4.69, 9.17) is 9.47 Å². The van der Waals surface area contributed by atoms with Crippen LogP contribution < -0.4 is 14.8 Å². The van der Waals surface area contributed by atoms with E-state index in [1.54, 1.807) is 0 Å². The highest BCUT2D eigenvalue weighted by Gasteiger charge is 2.34. The predicted octanol–water partition coefficient (Wildman–Crippen LogP) is 1.27. The van der Waals surface area contributed by atoms with Crippen molar-refractivity contribution in [1.82, 2.24) is 10.2 Å². The molecule has 2 heterocycles. The van der Waals surface area contributed by atoms with Crippen LogP contribution in [-0.2, 0) is 0 Å². The topological polar surface area (TPSA) is 54.0 Å². The number of hydrogen-bond donors (Lipinski definition) is 2. The summed E-state index contributed by atoms with van der Waals surface area (Å²) in [5.41, 5.74) is 0.879. The van der Waals surface area contributed by atoms with Gasteiger partial charge in [-0.15, -0.1) is 0 Å². The van der Waals surface area contributed by atoms with Crippen LogP contribution in [0.4, 0.5) is 0 Å². The molecule has 1 saturated heterocycles. The van der Waals surface area contributed by atoms with Crippen molar-refractivity contribution in [3.63, 3.8) is 0 Å². The van der Waals surface area contributed by atoms with E-state index in [1.807, 2.05) is 18.2 Å². The molecule has 4 rings (SSSR count). The number of fused-ring (bicyclic) bond motifs is 1. The number of likely N-dealkylation sites (tertiary alicyclic amines) is 1. The molecule has 1 aromatic rings. The van der Waals surface area contributed by atoms with Crippen LogP contribution in [0, 0.1) is 0 Å². The second-order valence-electron chi connectivity index (χ2n) is 6.25. The van der Waals surface area contributed by atoms with Gasteiger partial charge in [-0.05, 0) is 37.0 Å². The standard InChI is InChI=1S/C16H22N2O3/c19-14(11-1-4-15-16(7-11)21-10-20-15)8-17-12-5-6-18(9-12)13-2-3-13/h1,4,7,12-14,17,19H,2-3,5-6,8-10H2. The molecule has 1 aromatic carbocycles. The molecule has 1 saturated carbocycles. The van der Waals surface area contributed by atoms with Crippen molar-refractivity contribution in [3.8, 4) is 11.5 Å². The summed E-state index contributed by atoms with van der Waals surface area (Å²) < 4.78 is 10.6. The Morgan fingerprint density at radius 1 is 1.24 bits per heavy atom. The van der Waals surface area contributed by atoms with E-state index in [9.17, 15) is 5.11 Å². The molecule has 0 aromatic heterocycles. The smallest absolute Gasteiger partial charge is 0.231 e. The second kappa shape index (κ2) is 5.48. The van der Waals surface area contributed by atoms with E-state index in [1.165, 1.54) is 25.8 Å². The molecule has 5 heteroatoms. The normalized spacial score (nSPS) is 26.2. The first-order valence-electron chi connectivity index (χ1n) is 7.84. The summed E-state index contributed by atoms with van der Waals surface area (Å²) in [6.07, 6.45) is 3.41. The average Bonchev–Trinajstić information content (AvgIpc) is 3.07. The van der Waals surface area contributed by atoms with Crippen LogP contribution in [0.15, 0.2) is 18.2 Å². The molecule has 1 aliphatic carbocycles. The lowest BCUT2D eigenvalue weighted by Gasteiger charge is -2.18. The first-order chi connectivity index (χ1) is 10.3. The molecule has 21 heavy (non-hydrogen) atoms.